The molecule has 170 valence electrons. The van der Waals surface area contributed by atoms with Crippen molar-refractivity contribution >= 4 is 49.6 Å². The molecule has 0 amide bonds. The van der Waals surface area contributed by atoms with Crippen LogP contribution >= 0.6 is 15.9 Å². The first-order valence-electron chi connectivity index (χ1n) is 10.9. The fourth-order valence-corrected chi connectivity index (χ4v) is 4.84. The zero-order chi connectivity index (χ0) is 23.3. The molecule has 33 heavy (non-hydrogen) atoms. The molecule has 0 aliphatic carbocycles. The minimum Gasteiger partial charge on any atom is -0.384 e. The number of ketones is 1. The number of carbonyl (C=O) groups is 1. The minimum atomic E-state index is -0.304. The van der Waals surface area contributed by atoms with Crippen LogP contribution in [-0.2, 0) is 4.79 Å². The summed E-state index contributed by atoms with van der Waals surface area (Å²) in [5.74, 6) is 0.322. The van der Waals surface area contributed by atoms with Crippen LogP contribution in [0, 0.1) is 6.92 Å². The number of aryl methyl sites for hydroxylation is 1. The number of halogens is 1. The molecule has 9 heteroatoms. The quantitative estimate of drug-likeness (QED) is 0.560. The highest BCUT2D eigenvalue weighted by Crippen LogP contribution is 2.33. The second kappa shape index (κ2) is 8.31. The largest absolute Gasteiger partial charge is 0.384 e. The van der Waals surface area contributed by atoms with E-state index in [9.17, 15) is 9.59 Å². The third-order valence-corrected chi connectivity index (χ3v) is 6.87. The summed E-state index contributed by atoms with van der Waals surface area (Å²) in [7, 11) is 2.14. The number of benzene rings is 2. The van der Waals surface area contributed by atoms with Crippen LogP contribution in [0.25, 0.3) is 16.5 Å². The summed E-state index contributed by atoms with van der Waals surface area (Å²) >= 11 is 3.40. The Morgan fingerprint density at radius 3 is 2.55 bits per heavy atom. The van der Waals surface area contributed by atoms with E-state index in [1.807, 2.05) is 13.0 Å². The van der Waals surface area contributed by atoms with Gasteiger partial charge in [0.25, 0.3) is 5.56 Å². The number of Topliss-reactive ketones (excluding diaryl/α,β-unsaturated/α-hetero) is 1. The topological polar surface area (TPSA) is 98.6 Å². The van der Waals surface area contributed by atoms with Gasteiger partial charge in [0, 0.05) is 42.0 Å². The highest BCUT2D eigenvalue weighted by molar-refractivity contribution is 9.10. The first-order valence-corrected chi connectivity index (χ1v) is 11.7. The van der Waals surface area contributed by atoms with E-state index < -0.39 is 0 Å². The van der Waals surface area contributed by atoms with Crippen LogP contribution in [0.15, 0.2) is 51.5 Å². The van der Waals surface area contributed by atoms with Gasteiger partial charge >= 0.3 is 0 Å². The van der Waals surface area contributed by atoms with Crippen molar-refractivity contribution in [3.05, 3.63) is 68.4 Å². The number of hydrogen-bond donors (Lipinski definition) is 2. The lowest BCUT2D eigenvalue weighted by Gasteiger charge is -2.34. The van der Waals surface area contributed by atoms with Crippen molar-refractivity contribution in [3.8, 4) is 0 Å². The molecule has 2 aromatic carbocycles. The summed E-state index contributed by atoms with van der Waals surface area (Å²) in [6.45, 7) is 6.18. The molecule has 0 unspecified atom stereocenters. The molecule has 0 atom stereocenters. The molecule has 2 aliphatic heterocycles. The second-order valence-corrected chi connectivity index (χ2v) is 9.52. The highest BCUT2D eigenvalue weighted by Gasteiger charge is 2.32. The number of nitrogens with zero attached hydrogens (tertiary/aromatic N) is 4. The maximum atomic E-state index is 13.0. The molecule has 0 spiro atoms. The van der Waals surface area contributed by atoms with E-state index in [0.717, 1.165) is 41.9 Å². The van der Waals surface area contributed by atoms with Crippen LogP contribution in [-0.4, -0.2) is 60.4 Å². The number of nitrogens with one attached hydrogen (secondary N) is 1. The standard InChI is InChI=1S/C24H25BrN6O2/c1-14-11-16(30-9-7-29(2)8-10-30)4-6-19(14)31-13-20(32)21(22(31)26)23-27-18-12-15(25)3-5-17(18)24(33)28-23/h3-6,11-12H,7-10,13,26H2,1-2H3,(H,27,28,33). The number of H-pyrrole nitrogens is 1. The van der Waals surface area contributed by atoms with Crippen molar-refractivity contribution in [1.82, 2.24) is 14.9 Å². The molecule has 0 radical (unpaired) electrons. The van der Waals surface area contributed by atoms with Crippen LogP contribution in [0.5, 0.6) is 0 Å². The maximum absolute atomic E-state index is 13.0. The smallest absolute Gasteiger partial charge is 0.259 e. The van der Waals surface area contributed by atoms with Crippen LogP contribution < -0.4 is 21.1 Å². The Hall–Kier alpha value is -3.17. The SMILES string of the molecule is Cc1cc(N2CCN(C)CC2)ccc1N1CC(=O)C(c2nc3cc(Br)ccc3c(=O)[nH]2)=C1N. The number of anilines is 2. The van der Waals surface area contributed by atoms with E-state index in [2.05, 4.69) is 54.9 Å². The highest BCUT2D eigenvalue weighted by atomic mass is 79.9. The fourth-order valence-electron chi connectivity index (χ4n) is 4.49. The van der Waals surface area contributed by atoms with Crippen molar-refractivity contribution < 1.29 is 4.79 Å². The lowest BCUT2D eigenvalue weighted by molar-refractivity contribution is -0.112. The average Bonchev–Trinajstić information content (AvgIpc) is 3.07. The molecule has 0 saturated carbocycles. The third kappa shape index (κ3) is 3.91. The molecule has 1 aromatic heterocycles. The van der Waals surface area contributed by atoms with Gasteiger partial charge in [0.15, 0.2) is 5.78 Å². The zero-order valence-corrected chi connectivity index (χ0v) is 20.1. The Kier molecular flexibility index (Phi) is 5.46. The normalized spacial score (nSPS) is 17.5. The average molecular weight is 509 g/mol. The molecule has 1 saturated heterocycles. The van der Waals surface area contributed by atoms with Gasteiger partial charge in [0.2, 0.25) is 0 Å². The molecular formula is C24H25BrN6O2. The second-order valence-electron chi connectivity index (χ2n) is 8.61. The minimum absolute atomic E-state index is 0.107. The molecule has 2 aliphatic rings. The van der Waals surface area contributed by atoms with Gasteiger partial charge in [-0.05, 0) is 55.9 Å². The number of fused-ring (bicyclic) bond motifs is 1. The van der Waals surface area contributed by atoms with Gasteiger partial charge in [0.05, 0.1) is 17.4 Å². The number of carbonyl (C=O) groups excluding carboxylic acids is 1. The van der Waals surface area contributed by atoms with E-state index in [1.54, 1.807) is 23.1 Å². The van der Waals surface area contributed by atoms with Crippen molar-refractivity contribution in [3.63, 3.8) is 0 Å². The number of likely N-dealkylation sites (N-methyl/N-ethyl adjacent to an activating group) is 1. The predicted molar refractivity (Wildman–Crippen MR) is 134 cm³/mol. The van der Waals surface area contributed by atoms with Gasteiger partial charge in [-0.25, -0.2) is 4.98 Å². The monoisotopic (exact) mass is 508 g/mol. The van der Waals surface area contributed by atoms with Gasteiger partial charge in [-0.2, -0.15) is 0 Å². The van der Waals surface area contributed by atoms with E-state index >= 15 is 0 Å². The fraction of sp³-hybridized carbons (Fsp3) is 0.292. The summed E-state index contributed by atoms with van der Waals surface area (Å²) in [6, 6.07) is 11.5. The Bertz CT molecular complexity index is 1360. The number of nitrogens with two attached hydrogens (primary N) is 1. The lowest BCUT2D eigenvalue weighted by atomic mass is 10.1. The van der Waals surface area contributed by atoms with Crippen LogP contribution in [0.2, 0.25) is 0 Å². The molecule has 1 fully saturated rings. The first-order chi connectivity index (χ1) is 15.8. The molecule has 3 N–H and O–H groups in total. The Morgan fingerprint density at radius 1 is 1.06 bits per heavy atom. The molecule has 3 heterocycles. The molecule has 5 rings (SSSR count). The molecule has 0 bridgehead atoms. The van der Waals surface area contributed by atoms with E-state index in [1.165, 1.54) is 5.69 Å². The van der Waals surface area contributed by atoms with Crippen molar-refractivity contribution in [1.29, 1.82) is 0 Å². The predicted octanol–water partition coefficient (Wildman–Crippen LogP) is 2.46. The zero-order valence-electron chi connectivity index (χ0n) is 18.6. The number of rotatable bonds is 3. The van der Waals surface area contributed by atoms with Gasteiger partial charge in [-0.1, -0.05) is 15.9 Å². The molecular weight excluding hydrogens is 484 g/mol. The van der Waals surface area contributed by atoms with Crippen molar-refractivity contribution in [2.24, 2.45) is 5.73 Å². The van der Waals surface area contributed by atoms with Crippen LogP contribution in [0.3, 0.4) is 0 Å². The first kappa shape index (κ1) is 21.7. The third-order valence-electron chi connectivity index (χ3n) is 6.37. The van der Waals surface area contributed by atoms with Crippen molar-refractivity contribution in [2.45, 2.75) is 6.92 Å². The number of aromatic nitrogens is 2. The summed E-state index contributed by atoms with van der Waals surface area (Å²) in [6.07, 6.45) is 0. The van der Waals surface area contributed by atoms with Crippen LogP contribution in [0.4, 0.5) is 11.4 Å². The molecule has 3 aromatic rings. The summed E-state index contributed by atoms with van der Waals surface area (Å²) in [4.78, 5) is 39.3. The maximum Gasteiger partial charge on any atom is 0.259 e. The Balaban J connectivity index is 1.50. The summed E-state index contributed by atoms with van der Waals surface area (Å²) in [5.41, 5.74) is 9.99. The van der Waals surface area contributed by atoms with Crippen molar-refractivity contribution in [2.75, 3.05) is 49.6 Å². The number of hydrogen-bond acceptors (Lipinski definition) is 7. The van der Waals surface area contributed by atoms with E-state index in [-0.39, 0.29) is 29.3 Å². The lowest BCUT2D eigenvalue weighted by Crippen LogP contribution is -2.44. The number of aromatic amines is 1. The van der Waals surface area contributed by atoms with E-state index in [4.69, 9.17) is 5.73 Å². The van der Waals surface area contributed by atoms with Crippen LogP contribution in [0.1, 0.15) is 11.4 Å². The van der Waals surface area contributed by atoms with Gasteiger partial charge < -0.3 is 25.4 Å². The van der Waals surface area contributed by atoms with E-state index in [0.29, 0.717) is 16.7 Å². The van der Waals surface area contributed by atoms with Gasteiger partial charge in [0.1, 0.15) is 17.2 Å². The summed E-state index contributed by atoms with van der Waals surface area (Å²) < 4.78 is 0.802. The van der Waals surface area contributed by atoms with Gasteiger partial charge in [-0.15, -0.1) is 0 Å². The Morgan fingerprint density at radius 2 is 1.82 bits per heavy atom. The summed E-state index contributed by atoms with van der Waals surface area (Å²) in [5, 5.41) is 0.457. The van der Waals surface area contributed by atoms with Gasteiger partial charge in [-0.3, -0.25) is 9.59 Å². The number of piperazine rings is 1. The molecule has 8 nitrogen and oxygen atoms in total. The Labute approximate surface area is 199 Å².